The topological polar surface area (TPSA) is 138 Å². The Kier molecular flexibility index (Phi) is 10.3. The van der Waals surface area contributed by atoms with Crippen molar-refractivity contribution < 1.29 is 48.0 Å². The Balaban J connectivity index is 2.71. The smallest absolute Gasteiger partial charge is 0.333 e. The number of rotatable bonds is 7. The van der Waals surface area contributed by atoms with Crippen LogP contribution < -0.4 is 0 Å². The second-order valence-corrected chi connectivity index (χ2v) is 11.1. The summed E-state index contributed by atoms with van der Waals surface area (Å²) in [6.07, 6.45) is -2.41. The van der Waals surface area contributed by atoms with Gasteiger partial charge >= 0.3 is 23.9 Å². The molecule has 0 radical (unpaired) electrons. The second kappa shape index (κ2) is 12.5. The fraction of sp³-hybridized carbons (Fsp3) is 0.655. The summed E-state index contributed by atoms with van der Waals surface area (Å²) in [5, 5.41) is 11.8. The molecule has 8 unspecified atom stereocenters. The molecule has 2 aliphatic rings. The molecule has 39 heavy (non-hydrogen) atoms. The number of carbonyl (C=O) groups is 4. The molecule has 0 aromatic rings. The molecule has 0 amide bonds. The average Bonchev–Trinajstić information content (AvgIpc) is 3.46. The van der Waals surface area contributed by atoms with Gasteiger partial charge in [0.25, 0.3) is 0 Å². The molecule has 10 nitrogen and oxygen atoms in total. The van der Waals surface area contributed by atoms with E-state index in [2.05, 4.69) is 6.58 Å². The van der Waals surface area contributed by atoms with Crippen LogP contribution in [-0.2, 0) is 42.9 Å². The van der Waals surface area contributed by atoms with E-state index >= 15 is 0 Å². The predicted octanol–water partition coefficient (Wildman–Crippen LogP) is 3.50. The van der Waals surface area contributed by atoms with Gasteiger partial charge in [-0.1, -0.05) is 23.8 Å². The molecule has 1 saturated heterocycles. The Hall–Kier alpha value is -2.98. The van der Waals surface area contributed by atoms with E-state index in [9.17, 15) is 24.3 Å². The van der Waals surface area contributed by atoms with Crippen molar-refractivity contribution in [2.45, 2.75) is 117 Å². The van der Waals surface area contributed by atoms with Crippen LogP contribution in [0.3, 0.4) is 0 Å². The van der Waals surface area contributed by atoms with E-state index in [1.54, 1.807) is 47.6 Å². The first-order chi connectivity index (χ1) is 17.9. The summed E-state index contributed by atoms with van der Waals surface area (Å²) >= 11 is 0. The minimum atomic E-state index is -1.88. The quantitative estimate of drug-likeness (QED) is 0.165. The van der Waals surface area contributed by atoms with Crippen molar-refractivity contribution in [3.05, 3.63) is 35.5 Å². The van der Waals surface area contributed by atoms with Crippen LogP contribution in [0.4, 0.5) is 0 Å². The SMILES string of the molecule is C=C(C)C1CC(OC(C)=O)C(C)(O)C(OC(=O)C(C)=CC)CC2OC2(C)C(OC(C)=O)C1OC(=O)C=C(C)C. The van der Waals surface area contributed by atoms with Gasteiger partial charge < -0.3 is 28.8 Å². The summed E-state index contributed by atoms with van der Waals surface area (Å²) in [6, 6.07) is 0. The number of esters is 4. The van der Waals surface area contributed by atoms with Gasteiger partial charge in [0.1, 0.15) is 29.5 Å². The molecule has 2 rings (SSSR count). The van der Waals surface area contributed by atoms with Crippen LogP contribution in [0, 0.1) is 5.92 Å². The summed E-state index contributed by atoms with van der Waals surface area (Å²) in [5.41, 5.74) is -1.46. The number of allylic oxidation sites excluding steroid dienone is 2. The second-order valence-electron chi connectivity index (χ2n) is 11.1. The summed E-state index contributed by atoms with van der Waals surface area (Å²) in [4.78, 5) is 50.0. The van der Waals surface area contributed by atoms with E-state index in [0.717, 1.165) is 0 Å². The van der Waals surface area contributed by atoms with Gasteiger partial charge in [-0.05, 0) is 54.9 Å². The van der Waals surface area contributed by atoms with E-state index < -0.39 is 71.5 Å². The number of carbonyl (C=O) groups excluding carboxylic acids is 4. The largest absolute Gasteiger partial charge is 0.459 e. The maximum Gasteiger partial charge on any atom is 0.333 e. The van der Waals surface area contributed by atoms with Crippen molar-refractivity contribution in [2.24, 2.45) is 5.92 Å². The molecule has 10 heteroatoms. The lowest BCUT2D eigenvalue weighted by atomic mass is 9.75. The molecule has 0 aromatic heterocycles. The molecule has 1 saturated carbocycles. The summed E-state index contributed by atoms with van der Waals surface area (Å²) < 4.78 is 29.0. The van der Waals surface area contributed by atoms with Gasteiger partial charge in [-0.25, -0.2) is 9.59 Å². The fourth-order valence-electron chi connectivity index (χ4n) is 4.85. The van der Waals surface area contributed by atoms with Crippen molar-refractivity contribution in [1.82, 2.24) is 0 Å². The van der Waals surface area contributed by atoms with Crippen molar-refractivity contribution >= 4 is 23.9 Å². The number of hydrogen-bond acceptors (Lipinski definition) is 10. The van der Waals surface area contributed by atoms with Gasteiger partial charge in [0.15, 0.2) is 6.10 Å². The Morgan fingerprint density at radius 1 is 0.897 bits per heavy atom. The highest BCUT2D eigenvalue weighted by atomic mass is 16.7. The fourth-order valence-corrected chi connectivity index (χ4v) is 4.85. The monoisotopic (exact) mass is 550 g/mol. The van der Waals surface area contributed by atoms with Crippen LogP contribution in [0.25, 0.3) is 0 Å². The molecule has 0 aromatic carbocycles. The van der Waals surface area contributed by atoms with Gasteiger partial charge in [0, 0.05) is 37.8 Å². The molecule has 0 spiro atoms. The molecule has 1 aliphatic heterocycles. The maximum atomic E-state index is 12.8. The highest BCUT2D eigenvalue weighted by Crippen LogP contribution is 2.50. The molecule has 1 heterocycles. The average molecular weight is 551 g/mol. The third-order valence-corrected chi connectivity index (χ3v) is 7.34. The van der Waals surface area contributed by atoms with Crippen molar-refractivity contribution in [1.29, 1.82) is 0 Å². The van der Waals surface area contributed by atoms with Crippen LogP contribution in [0.15, 0.2) is 35.5 Å². The lowest BCUT2D eigenvalue weighted by molar-refractivity contribution is -0.198. The van der Waals surface area contributed by atoms with Crippen LogP contribution in [0.1, 0.15) is 75.2 Å². The van der Waals surface area contributed by atoms with E-state index in [4.69, 9.17) is 23.7 Å². The van der Waals surface area contributed by atoms with Gasteiger partial charge in [0.05, 0.1) is 6.10 Å². The molecule has 2 fully saturated rings. The normalized spacial score (nSPS) is 34.5. The number of aliphatic hydroxyl groups is 1. The van der Waals surface area contributed by atoms with Crippen LogP contribution in [-0.4, -0.2) is 70.7 Å². The van der Waals surface area contributed by atoms with E-state index in [-0.39, 0.29) is 12.8 Å². The van der Waals surface area contributed by atoms with E-state index in [1.807, 2.05) is 0 Å². The van der Waals surface area contributed by atoms with E-state index in [0.29, 0.717) is 16.7 Å². The molecule has 0 bridgehead atoms. The third-order valence-electron chi connectivity index (χ3n) is 7.34. The van der Waals surface area contributed by atoms with Crippen LogP contribution in [0.5, 0.6) is 0 Å². The molecule has 1 aliphatic carbocycles. The zero-order chi connectivity index (χ0) is 29.9. The van der Waals surface area contributed by atoms with Gasteiger partial charge in [-0.15, -0.1) is 0 Å². The molecule has 8 atom stereocenters. The summed E-state index contributed by atoms with van der Waals surface area (Å²) in [7, 11) is 0. The lowest BCUT2D eigenvalue weighted by Crippen LogP contribution is -2.58. The molecule has 218 valence electrons. The first kappa shape index (κ1) is 32.2. The first-order valence-electron chi connectivity index (χ1n) is 13.0. The Morgan fingerprint density at radius 2 is 1.46 bits per heavy atom. The van der Waals surface area contributed by atoms with Gasteiger partial charge in [-0.3, -0.25) is 9.59 Å². The third kappa shape index (κ3) is 7.79. The number of ether oxygens (including phenoxy) is 5. The van der Waals surface area contributed by atoms with Gasteiger partial charge in [0.2, 0.25) is 0 Å². The first-order valence-corrected chi connectivity index (χ1v) is 13.0. The zero-order valence-corrected chi connectivity index (χ0v) is 24.4. The summed E-state index contributed by atoms with van der Waals surface area (Å²) in [6.45, 7) is 18.1. The minimum absolute atomic E-state index is 0.00581. The lowest BCUT2D eigenvalue weighted by Gasteiger charge is -2.43. The highest BCUT2D eigenvalue weighted by molar-refractivity contribution is 5.87. The van der Waals surface area contributed by atoms with Crippen LogP contribution in [0.2, 0.25) is 0 Å². The number of hydrogen-bond donors (Lipinski definition) is 1. The summed E-state index contributed by atoms with van der Waals surface area (Å²) in [5.74, 6) is -3.36. The van der Waals surface area contributed by atoms with Crippen molar-refractivity contribution in [3.63, 3.8) is 0 Å². The molecular formula is C29H42O10. The predicted molar refractivity (Wildman–Crippen MR) is 141 cm³/mol. The van der Waals surface area contributed by atoms with Crippen molar-refractivity contribution in [2.75, 3.05) is 0 Å². The Labute approximate surface area is 230 Å². The molecule has 1 N–H and O–H groups in total. The zero-order valence-electron chi connectivity index (χ0n) is 24.4. The van der Waals surface area contributed by atoms with Crippen molar-refractivity contribution in [3.8, 4) is 0 Å². The van der Waals surface area contributed by atoms with E-state index in [1.165, 1.54) is 26.8 Å². The molecular weight excluding hydrogens is 508 g/mol. The highest BCUT2D eigenvalue weighted by Gasteiger charge is 2.66. The number of fused-ring (bicyclic) bond motifs is 1. The van der Waals surface area contributed by atoms with Gasteiger partial charge in [-0.2, -0.15) is 0 Å². The standard InChI is InChI=1S/C29H42O10/c1-11-17(6)27(33)37-22-14-23-29(10,39-23)26(36-19(8)31)25(38-24(32)12-15(2)3)20(16(4)5)13-21(28(22,9)34)35-18(7)30/h11-12,20-23,25-26,34H,4,13-14H2,1-3,5-10H3. The maximum absolute atomic E-state index is 12.8. The number of epoxide rings is 1. The Morgan fingerprint density at radius 3 is 1.95 bits per heavy atom. The van der Waals surface area contributed by atoms with Crippen LogP contribution >= 0.6 is 0 Å². The minimum Gasteiger partial charge on any atom is -0.459 e. The Bertz CT molecular complexity index is 1050.